The van der Waals surface area contributed by atoms with Gasteiger partial charge < -0.3 is 20.7 Å². The lowest BCUT2D eigenvalue weighted by Crippen LogP contribution is -2.55. The van der Waals surface area contributed by atoms with E-state index in [4.69, 9.17) is 10.5 Å². The fraction of sp³-hybridized carbons (Fsp3) is 0.680. The molecule has 0 aromatic heterocycles. The van der Waals surface area contributed by atoms with Crippen LogP contribution in [0.15, 0.2) is 29.2 Å². The highest BCUT2D eigenvalue weighted by molar-refractivity contribution is 7.99. The molecule has 2 fully saturated rings. The fourth-order valence-electron chi connectivity index (χ4n) is 4.46. The number of carbonyl (C=O) groups is 2. The molecule has 6 nitrogen and oxygen atoms in total. The molecule has 0 radical (unpaired) electrons. The van der Waals surface area contributed by atoms with Crippen LogP contribution in [0.1, 0.15) is 65.7 Å². The van der Waals surface area contributed by atoms with Crippen molar-refractivity contribution >= 4 is 29.4 Å². The maximum atomic E-state index is 13.3. The smallest absolute Gasteiger partial charge is 0.408 e. The number of alkyl carbamates (subject to hydrolysis) is 1. The van der Waals surface area contributed by atoms with Gasteiger partial charge in [0.25, 0.3) is 0 Å². The van der Waals surface area contributed by atoms with Crippen molar-refractivity contribution in [2.24, 2.45) is 11.8 Å². The topological polar surface area (TPSA) is 84.7 Å². The van der Waals surface area contributed by atoms with E-state index >= 15 is 0 Å². The Morgan fingerprint density at radius 2 is 1.75 bits per heavy atom. The number of hydrogen-bond donors (Lipinski definition) is 2. The molecule has 2 aliphatic rings. The molecule has 1 aromatic rings. The van der Waals surface area contributed by atoms with Gasteiger partial charge in [0.2, 0.25) is 5.91 Å². The van der Waals surface area contributed by atoms with Gasteiger partial charge in [-0.05, 0) is 102 Å². The van der Waals surface area contributed by atoms with Crippen LogP contribution < -0.4 is 11.1 Å². The second-order valence-corrected chi connectivity index (χ2v) is 11.4. The van der Waals surface area contributed by atoms with Crippen LogP contribution in [0.5, 0.6) is 0 Å². The molecule has 0 saturated heterocycles. The van der Waals surface area contributed by atoms with Gasteiger partial charge in [-0.3, -0.25) is 4.79 Å². The first kappa shape index (κ1) is 24.7. The molecule has 0 unspecified atom stereocenters. The number of hydrogen-bond acceptors (Lipinski definition) is 5. The predicted molar refractivity (Wildman–Crippen MR) is 131 cm³/mol. The lowest BCUT2D eigenvalue weighted by Gasteiger charge is -2.40. The summed E-state index contributed by atoms with van der Waals surface area (Å²) in [6.07, 6.45) is 6.80. The molecule has 0 spiro atoms. The van der Waals surface area contributed by atoms with E-state index in [1.54, 1.807) is 0 Å². The van der Waals surface area contributed by atoms with E-state index in [1.165, 1.54) is 11.3 Å². The number of likely N-dealkylation sites (N-methyl/N-ethyl adjacent to an activating group) is 1. The van der Waals surface area contributed by atoms with Crippen molar-refractivity contribution in [2.75, 3.05) is 18.5 Å². The van der Waals surface area contributed by atoms with Gasteiger partial charge in [-0.2, -0.15) is 0 Å². The van der Waals surface area contributed by atoms with Gasteiger partial charge in [-0.1, -0.05) is 0 Å². The first-order chi connectivity index (χ1) is 15.1. The van der Waals surface area contributed by atoms with E-state index in [2.05, 4.69) is 17.4 Å². The lowest BCUT2D eigenvalue weighted by atomic mass is 9.78. The van der Waals surface area contributed by atoms with Crippen molar-refractivity contribution in [3.8, 4) is 0 Å². The number of amides is 2. The number of thioether (sulfide) groups is 1. The van der Waals surface area contributed by atoms with Crippen LogP contribution in [0.2, 0.25) is 0 Å². The highest BCUT2D eigenvalue weighted by Crippen LogP contribution is 2.35. The van der Waals surface area contributed by atoms with Gasteiger partial charge in [0, 0.05) is 29.4 Å². The Labute approximate surface area is 197 Å². The van der Waals surface area contributed by atoms with E-state index in [0.29, 0.717) is 12.0 Å². The van der Waals surface area contributed by atoms with Gasteiger partial charge in [-0.15, -0.1) is 11.8 Å². The summed E-state index contributed by atoms with van der Waals surface area (Å²) < 4.78 is 5.47. The number of carbonyl (C=O) groups excluding carboxylic acids is 2. The van der Waals surface area contributed by atoms with Gasteiger partial charge >= 0.3 is 6.09 Å². The minimum atomic E-state index is -0.589. The predicted octanol–water partition coefficient (Wildman–Crippen LogP) is 5.07. The molecule has 32 heavy (non-hydrogen) atoms. The monoisotopic (exact) mass is 461 g/mol. The molecule has 1 atom stereocenters. The average Bonchev–Trinajstić information content (AvgIpc) is 2.69. The normalized spacial score (nSPS) is 22.5. The molecule has 2 amide bonds. The first-order valence-corrected chi connectivity index (χ1v) is 12.9. The third kappa shape index (κ3) is 7.06. The maximum absolute atomic E-state index is 13.3. The molecular weight excluding hydrogens is 422 g/mol. The van der Waals surface area contributed by atoms with E-state index in [9.17, 15) is 9.59 Å². The SMILES string of the molecule is CN(C(=O)[C@@H](NC(=O)OC(C)(C)C)C1CCC(CSc2ccc(N)cc2)CC1)C1CCC1. The second-order valence-electron chi connectivity index (χ2n) is 10.3. The molecule has 7 heteroatoms. The van der Waals surface area contributed by atoms with Crippen LogP contribution in [0.3, 0.4) is 0 Å². The van der Waals surface area contributed by atoms with Crippen molar-refractivity contribution in [2.45, 2.75) is 88.3 Å². The first-order valence-electron chi connectivity index (χ1n) is 11.9. The Kier molecular flexibility index (Phi) is 8.37. The minimum Gasteiger partial charge on any atom is -0.444 e. The molecule has 1 aromatic carbocycles. The van der Waals surface area contributed by atoms with Gasteiger partial charge in [-0.25, -0.2) is 4.79 Å². The zero-order chi connectivity index (χ0) is 23.3. The molecule has 3 rings (SSSR count). The average molecular weight is 462 g/mol. The maximum Gasteiger partial charge on any atom is 0.408 e. The summed E-state index contributed by atoms with van der Waals surface area (Å²) in [7, 11) is 1.88. The van der Waals surface area contributed by atoms with E-state index < -0.39 is 17.7 Å². The van der Waals surface area contributed by atoms with Crippen molar-refractivity contribution < 1.29 is 14.3 Å². The Morgan fingerprint density at radius 3 is 2.28 bits per heavy atom. The van der Waals surface area contributed by atoms with Crippen molar-refractivity contribution in [1.82, 2.24) is 10.2 Å². The van der Waals surface area contributed by atoms with Gasteiger partial charge in [0.1, 0.15) is 11.6 Å². The highest BCUT2D eigenvalue weighted by Gasteiger charge is 2.38. The standard InChI is InChI=1S/C25H39N3O3S/c1-25(2,3)31-24(30)27-22(23(29)28(4)20-6-5-7-20)18-10-8-17(9-11-18)16-32-21-14-12-19(26)13-15-21/h12-15,17-18,20,22H,5-11,16,26H2,1-4H3,(H,27,30)/t17?,18?,22-/m0/s1. The van der Waals surface area contributed by atoms with Crippen LogP contribution in [-0.4, -0.2) is 47.4 Å². The number of nitrogens with zero attached hydrogens (tertiary/aromatic N) is 1. The van der Waals surface area contributed by atoms with Crippen LogP contribution in [0.25, 0.3) is 0 Å². The van der Waals surface area contributed by atoms with E-state index in [0.717, 1.165) is 50.0 Å². The summed E-state index contributed by atoms with van der Waals surface area (Å²) in [6.45, 7) is 5.52. The number of benzene rings is 1. The minimum absolute atomic E-state index is 0.0280. The quantitative estimate of drug-likeness (QED) is 0.437. The third-order valence-electron chi connectivity index (χ3n) is 6.64. The second kappa shape index (κ2) is 10.8. The van der Waals surface area contributed by atoms with E-state index in [1.807, 2.05) is 56.6 Å². The highest BCUT2D eigenvalue weighted by atomic mass is 32.2. The summed E-state index contributed by atoms with van der Waals surface area (Å²) in [4.78, 5) is 29.0. The van der Waals surface area contributed by atoms with Crippen LogP contribution in [0.4, 0.5) is 10.5 Å². The summed E-state index contributed by atoms with van der Waals surface area (Å²) in [5.74, 6) is 1.86. The molecule has 3 N–H and O–H groups in total. The number of nitrogen functional groups attached to an aromatic ring is 1. The Balaban J connectivity index is 1.57. The number of nitrogens with one attached hydrogen (secondary N) is 1. The Morgan fingerprint density at radius 1 is 1.12 bits per heavy atom. The third-order valence-corrected chi connectivity index (χ3v) is 7.88. The molecule has 2 aliphatic carbocycles. The van der Waals surface area contributed by atoms with E-state index in [-0.39, 0.29) is 11.8 Å². The zero-order valence-corrected chi connectivity index (χ0v) is 20.7. The molecule has 0 aliphatic heterocycles. The molecule has 178 valence electrons. The van der Waals surface area contributed by atoms with Crippen molar-refractivity contribution in [3.63, 3.8) is 0 Å². The van der Waals surface area contributed by atoms with Gasteiger partial charge in [0.15, 0.2) is 0 Å². The summed E-state index contributed by atoms with van der Waals surface area (Å²) >= 11 is 1.87. The zero-order valence-electron chi connectivity index (χ0n) is 19.9. The van der Waals surface area contributed by atoms with Crippen molar-refractivity contribution in [3.05, 3.63) is 24.3 Å². The van der Waals surface area contributed by atoms with Crippen molar-refractivity contribution in [1.29, 1.82) is 0 Å². The number of ether oxygens (including phenoxy) is 1. The van der Waals surface area contributed by atoms with Gasteiger partial charge in [0.05, 0.1) is 0 Å². The molecular formula is C25H39N3O3S. The number of nitrogens with two attached hydrogens (primary N) is 1. The van der Waals surface area contributed by atoms with Crippen LogP contribution >= 0.6 is 11.8 Å². The molecule has 0 heterocycles. The number of rotatable bonds is 7. The lowest BCUT2D eigenvalue weighted by molar-refractivity contribution is -0.137. The Bertz CT molecular complexity index is 766. The summed E-state index contributed by atoms with van der Waals surface area (Å²) in [5.41, 5.74) is 5.97. The number of anilines is 1. The Hall–Kier alpha value is -1.89. The summed E-state index contributed by atoms with van der Waals surface area (Å²) in [6, 6.07) is 7.81. The van der Waals surface area contributed by atoms with Crippen LogP contribution in [-0.2, 0) is 9.53 Å². The summed E-state index contributed by atoms with van der Waals surface area (Å²) in [5, 5.41) is 2.94. The molecule has 0 bridgehead atoms. The fourth-order valence-corrected chi connectivity index (χ4v) is 5.55. The van der Waals surface area contributed by atoms with Crippen LogP contribution in [0, 0.1) is 11.8 Å². The molecule has 2 saturated carbocycles. The largest absolute Gasteiger partial charge is 0.444 e.